The van der Waals surface area contributed by atoms with Gasteiger partial charge in [0.1, 0.15) is 11.6 Å². The third kappa shape index (κ3) is 3.79. The first kappa shape index (κ1) is 15.9. The van der Waals surface area contributed by atoms with Crippen LogP contribution in [0.4, 0.5) is 8.78 Å². The molecule has 2 rings (SSSR count). The molecule has 0 unspecified atom stereocenters. The maximum absolute atomic E-state index is 13.6. The predicted molar refractivity (Wildman–Crippen MR) is 77.9 cm³/mol. The van der Waals surface area contributed by atoms with Crippen molar-refractivity contribution in [1.29, 1.82) is 0 Å². The van der Waals surface area contributed by atoms with E-state index in [0.29, 0.717) is 6.04 Å². The Morgan fingerprint density at radius 2 is 1.81 bits per heavy atom. The van der Waals surface area contributed by atoms with Gasteiger partial charge in [-0.2, -0.15) is 0 Å². The van der Waals surface area contributed by atoms with Crippen LogP contribution in [0.5, 0.6) is 0 Å². The summed E-state index contributed by atoms with van der Waals surface area (Å²) in [6, 6.07) is 4.35. The summed E-state index contributed by atoms with van der Waals surface area (Å²) in [5, 5.41) is 3.24. The SMILES string of the molecule is CNC1CCC(N(C)C(=O)Cc2c(F)cccc2F)CC1. The smallest absolute Gasteiger partial charge is 0.227 e. The average molecular weight is 296 g/mol. The van der Waals surface area contributed by atoms with E-state index in [-0.39, 0.29) is 23.9 Å². The second-order valence-corrected chi connectivity index (χ2v) is 5.68. The zero-order chi connectivity index (χ0) is 15.4. The number of hydrogen-bond donors (Lipinski definition) is 1. The lowest BCUT2D eigenvalue weighted by atomic mass is 9.90. The number of hydrogen-bond acceptors (Lipinski definition) is 2. The molecule has 0 heterocycles. The lowest BCUT2D eigenvalue weighted by Gasteiger charge is -2.34. The average Bonchev–Trinajstić information content (AvgIpc) is 2.50. The van der Waals surface area contributed by atoms with Crippen LogP contribution >= 0.6 is 0 Å². The number of likely N-dealkylation sites (N-methyl/N-ethyl adjacent to an activating group) is 1. The zero-order valence-corrected chi connectivity index (χ0v) is 12.5. The molecule has 5 heteroatoms. The highest BCUT2D eigenvalue weighted by Gasteiger charge is 2.26. The molecule has 0 radical (unpaired) electrons. The fraction of sp³-hybridized carbons (Fsp3) is 0.562. The number of carbonyl (C=O) groups excluding carboxylic acids is 1. The molecule has 0 aromatic heterocycles. The van der Waals surface area contributed by atoms with Crippen molar-refractivity contribution < 1.29 is 13.6 Å². The first-order valence-corrected chi connectivity index (χ1v) is 7.38. The molecule has 0 bridgehead atoms. The highest BCUT2D eigenvalue weighted by molar-refractivity contribution is 5.79. The van der Waals surface area contributed by atoms with Crippen LogP contribution in [0.25, 0.3) is 0 Å². The lowest BCUT2D eigenvalue weighted by Crippen LogP contribution is -2.43. The Morgan fingerprint density at radius 1 is 1.24 bits per heavy atom. The van der Waals surface area contributed by atoms with Crippen LogP contribution in [0, 0.1) is 11.6 Å². The molecule has 1 aromatic carbocycles. The van der Waals surface area contributed by atoms with E-state index in [9.17, 15) is 13.6 Å². The van der Waals surface area contributed by atoms with E-state index in [1.54, 1.807) is 11.9 Å². The van der Waals surface area contributed by atoms with Crippen molar-refractivity contribution in [2.45, 2.75) is 44.2 Å². The molecule has 0 aliphatic heterocycles. The molecule has 0 atom stereocenters. The highest BCUT2D eigenvalue weighted by atomic mass is 19.1. The van der Waals surface area contributed by atoms with Gasteiger partial charge in [0.25, 0.3) is 0 Å². The molecule has 3 nitrogen and oxygen atoms in total. The fourth-order valence-corrected chi connectivity index (χ4v) is 2.93. The first-order valence-electron chi connectivity index (χ1n) is 7.38. The van der Waals surface area contributed by atoms with Gasteiger partial charge in [0, 0.05) is 24.7 Å². The summed E-state index contributed by atoms with van der Waals surface area (Å²) in [5.41, 5.74) is -0.140. The molecule has 0 saturated heterocycles. The summed E-state index contributed by atoms with van der Waals surface area (Å²) < 4.78 is 27.2. The van der Waals surface area contributed by atoms with E-state index >= 15 is 0 Å². The molecule has 116 valence electrons. The van der Waals surface area contributed by atoms with Crippen LogP contribution in [-0.4, -0.2) is 37.0 Å². The number of halogens is 2. The molecule has 1 fully saturated rings. The van der Waals surface area contributed by atoms with Crippen LogP contribution < -0.4 is 5.32 Å². The highest BCUT2D eigenvalue weighted by Crippen LogP contribution is 2.23. The molecule has 21 heavy (non-hydrogen) atoms. The minimum atomic E-state index is -0.657. The van der Waals surface area contributed by atoms with Crippen molar-refractivity contribution >= 4 is 5.91 Å². The molecule has 0 spiro atoms. The summed E-state index contributed by atoms with van der Waals surface area (Å²) in [7, 11) is 3.67. The second kappa shape index (κ2) is 6.98. The van der Waals surface area contributed by atoms with Gasteiger partial charge in [0.05, 0.1) is 6.42 Å². The summed E-state index contributed by atoms with van der Waals surface area (Å²) in [6.45, 7) is 0. The third-order valence-electron chi connectivity index (χ3n) is 4.44. The summed E-state index contributed by atoms with van der Waals surface area (Å²) in [5.74, 6) is -1.54. The van der Waals surface area contributed by atoms with E-state index in [0.717, 1.165) is 25.7 Å². The Kier molecular flexibility index (Phi) is 5.28. The third-order valence-corrected chi connectivity index (χ3v) is 4.44. The summed E-state index contributed by atoms with van der Waals surface area (Å²) >= 11 is 0. The zero-order valence-electron chi connectivity index (χ0n) is 12.5. The van der Waals surface area contributed by atoms with E-state index in [1.165, 1.54) is 18.2 Å². The quantitative estimate of drug-likeness (QED) is 0.926. The Bertz CT molecular complexity index is 479. The largest absolute Gasteiger partial charge is 0.342 e. The Balaban J connectivity index is 1.97. The molecule has 1 aliphatic rings. The minimum absolute atomic E-state index is 0.140. The van der Waals surface area contributed by atoms with Gasteiger partial charge in [-0.1, -0.05) is 6.07 Å². The number of nitrogens with one attached hydrogen (secondary N) is 1. The van der Waals surface area contributed by atoms with Gasteiger partial charge in [-0.05, 0) is 44.9 Å². The van der Waals surface area contributed by atoms with Gasteiger partial charge in [-0.25, -0.2) is 8.78 Å². The van der Waals surface area contributed by atoms with Gasteiger partial charge in [0.2, 0.25) is 5.91 Å². The van der Waals surface area contributed by atoms with Gasteiger partial charge in [-0.3, -0.25) is 4.79 Å². The molecule has 1 saturated carbocycles. The molecule has 1 amide bonds. The van der Waals surface area contributed by atoms with Gasteiger partial charge >= 0.3 is 0 Å². The van der Waals surface area contributed by atoms with Crippen molar-refractivity contribution in [2.24, 2.45) is 0 Å². The minimum Gasteiger partial charge on any atom is -0.342 e. The van der Waals surface area contributed by atoms with Crippen molar-refractivity contribution in [3.8, 4) is 0 Å². The van der Waals surface area contributed by atoms with Gasteiger partial charge < -0.3 is 10.2 Å². The van der Waals surface area contributed by atoms with Crippen LogP contribution in [0.3, 0.4) is 0 Å². The normalized spacial score (nSPS) is 22.1. The number of nitrogens with zero attached hydrogens (tertiary/aromatic N) is 1. The van der Waals surface area contributed by atoms with Gasteiger partial charge in [-0.15, -0.1) is 0 Å². The first-order chi connectivity index (χ1) is 10.0. The van der Waals surface area contributed by atoms with Crippen molar-refractivity contribution in [3.63, 3.8) is 0 Å². The second-order valence-electron chi connectivity index (χ2n) is 5.68. The summed E-state index contributed by atoms with van der Waals surface area (Å²) in [6.07, 6.45) is 3.67. The maximum atomic E-state index is 13.6. The number of rotatable bonds is 4. The number of carbonyl (C=O) groups is 1. The maximum Gasteiger partial charge on any atom is 0.227 e. The van der Waals surface area contributed by atoms with Crippen molar-refractivity contribution in [2.75, 3.05) is 14.1 Å². The van der Waals surface area contributed by atoms with Crippen LogP contribution in [0.1, 0.15) is 31.2 Å². The van der Waals surface area contributed by atoms with E-state index in [2.05, 4.69) is 5.32 Å². The molecule has 1 aliphatic carbocycles. The van der Waals surface area contributed by atoms with Crippen molar-refractivity contribution in [1.82, 2.24) is 10.2 Å². The van der Waals surface area contributed by atoms with E-state index in [1.807, 2.05) is 7.05 Å². The lowest BCUT2D eigenvalue weighted by molar-refractivity contribution is -0.132. The van der Waals surface area contributed by atoms with Crippen LogP contribution in [-0.2, 0) is 11.2 Å². The van der Waals surface area contributed by atoms with Crippen molar-refractivity contribution in [3.05, 3.63) is 35.4 Å². The topological polar surface area (TPSA) is 32.3 Å². The predicted octanol–water partition coefficient (Wildman–Crippen LogP) is 2.50. The van der Waals surface area contributed by atoms with E-state index in [4.69, 9.17) is 0 Å². The standard InChI is InChI=1S/C16H22F2N2O/c1-19-11-6-8-12(9-7-11)20(2)16(21)10-13-14(17)4-3-5-15(13)18/h3-5,11-12,19H,6-10H2,1-2H3. The molecule has 1 N–H and O–H groups in total. The monoisotopic (exact) mass is 296 g/mol. The number of benzene rings is 1. The Morgan fingerprint density at radius 3 is 2.33 bits per heavy atom. The van der Waals surface area contributed by atoms with Gasteiger partial charge in [0.15, 0.2) is 0 Å². The fourth-order valence-electron chi connectivity index (χ4n) is 2.93. The number of amides is 1. The van der Waals surface area contributed by atoms with E-state index < -0.39 is 11.6 Å². The van der Waals surface area contributed by atoms with Crippen LogP contribution in [0.15, 0.2) is 18.2 Å². The Labute approximate surface area is 124 Å². The summed E-state index contributed by atoms with van der Waals surface area (Å²) in [4.78, 5) is 13.9. The van der Waals surface area contributed by atoms with Crippen LogP contribution in [0.2, 0.25) is 0 Å². The molecular formula is C16H22F2N2O. The molecule has 1 aromatic rings. The molecular weight excluding hydrogens is 274 g/mol. The Hall–Kier alpha value is -1.49.